The van der Waals surface area contributed by atoms with E-state index in [-0.39, 0.29) is 12.8 Å². The summed E-state index contributed by atoms with van der Waals surface area (Å²) in [6.07, 6.45) is 3.82. The van der Waals surface area contributed by atoms with Crippen molar-refractivity contribution in [3.63, 3.8) is 0 Å². The fourth-order valence-electron chi connectivity index (χ4n) is 3.47. The van der Waals surface area contributed by atoms with Gasteiger partial charge in [0.1, 0.15) is 0 Å². The van der Waals surface area contributed by atoms with Gasteiger partial charge in [0.15, 0.2) is 11.5 Å². The molecular weight excluding hydrogens is 288 g/mol. The highest BCUT2D eigenvalue weighted by Crippen LogP contribution is 2.42. The molecule has 1 saturated heterocycles. The van der Waals surface area contributed by atoms with Crippen molar-refractivity contribution in [3.8, 4) is 11.5 Å². The van der Waals surface area contributed by atoms with E-state index in [1.165, 1.54) is 19.3 Å². The molecule has 1 aromatic carbocycles. The van der Waals surface area contributed by atoms with E-state index < -0.39 is 0 Å². The second-order valence-electron chi connectivity index (χ2n) is 5.93. The number of hydrogen-bond donors (Lipinski definition) is 1. The van der Waals surface area contributed by atoms with Gasteiger partial charge >= 0.3 is 0 Å². The lowest BCUT2D eigenvalue weighted by atomic mass is 10.0. The number of halogens is 1. The molecule has 1 fully saturated rings. The molecule has 4 nitrogen and oxygen atoms in total. The largest absolute Gasteiger partial charge is 0.454 e. The Labute approximate surface area is 131 Å². The van der Waals surface area contributed by atoms with Gasteiger partial charge in [-0.1, -0.05) is 24.9 Å². The Morgan fingerprint density at radius 1 is 1.43 bits per heavy atom. The molecule has 0 radical (unpaired) electrons. The molecule has 2 aliphatic heterocycles. The number of rotatable bonds is 5. The number of ether oxygens (including phenoxy) is 2. The second kappa shape index (κ2) is 6.42. The quantitative estimate of drug-likeness (QED) is 0.907. The van der Waals surface area contributed by atoms with E-state index in [4.69, 9.17) is 26.8 Å². The third-order valence-corrected chi connectivity index (χ3v) is 4.79. The van der Waals surface area contributed by atoms with Gasteiger partial charge in [0.05, 0.1) is 5.02 Å². The monoisotopic (exact) mass is 310 g/mol. The molecule has 21 heavy (non-hydrogen) atoms. The van der Waals surface area contributed by atoms with E-state index in [1.807, 2.05) is 12.1 Å². The van der Waals surface area contributed by atoms with Gasteiger partial charge in [-0.2, -0.15) is 0 Å². The SMILES string of the molecule is CCCC1CCN(C(CN)c2cc(Cl)c3c(c2)OCO3)C1. The van der Waals surface area contributed by atoms with Crippen LogP contribution >= 0.6 is 11.6 Å². The van der Waals surface area contributed by atoms with Crippen LogP contribution in [-0.2, 0) is 0 Å². The van der Waals surface area contributed by atoms with Crippen LogP contribution in [0.15, 0.2) is 12.1 Å². The number of benzene rings is 1. The summed E-state index contributed by atoms with van der Waals surface area (Å²) in [6, 6.07) is 4.21. The van der Waals surface area contributed by atoms with Gasteiger partial charge in [-0.25, -0.2) is 0 Å². The number of nitrogens with two attached hydrogens (primary N) is 1. The van der Waals surface area contributed by atoms with Gasteiger partial charge in [-0.05, 0) is 43.0 Å². The number of likely N-dealkylation sites (tertiary alicyclic amines) is 1. The molecule has 0 aliphatic carbocycles. The minimum absolute atomic E-state index is 0.207. The van der Waals surface area contributed by atoms with E-state index in [1.54, 1.807) is 0 Å². The van der Waals surface area contributed by atoms with Crippen LogP contribution in [-0.4, -0.2) is 31.3 Å². The molecule has 5 heteroatoms. The van der Waals surface area contributed by atoms with Gasteiger partial charge in [-0.3, -0.25) is 4.90 Å². The van der Waals surface area contributed by atoms with Gasteiger partial charge in [-0.15, -0.1) is 0 Å². The Balaban J connectivity index is 1.79. The van der Waals surface area contributed by atoms with Crippen molar-refractivity contribution in [2.45, 2.75) is 32.2 Å². The molecular formula is C16H23ClN2O2. The summed E-state index contributed by atoms with van der Waals surface area (Å²) in [5.41, 5.74) is 7.17. The van der Waals surface area contributed by atoms with Crippen molar-refractivity contribution in [1.82, 2.24) is 4.90 Å². The fourth-order valence-corrected chi connectivity index (χ4v) is 3.74. The smallest absolute Gasteiger partial charge is 0.231 e. The van der Waals surface area contributed by atoms with Crippen molar-refractivity contribution >= 4 is 11.6 Å². The van der Waals surface area contributed by atoms with Crippen LogP contribution < -0.4 is 15.2 Å². The number of nitrogens with zero attached hydrogens (tertiary/aromatic N) is 1. The van der Waals surface area contributed by atoms with Crippen LogP contribution in [0.4, 0.5) is 0 Å². The Morgan fingerprint density at radius 3 is 3.05 bits per heavy atom. The highest BCUT2D eigenvalue weighted by atomic mass is 35.5. The summed E-state index contributed by atoms with van der Waals surface area (Å²) in [6.45, 7) is 5.32. The summed E-state index contributed by atoms with van der Waals surface area (Å²) in [5, 5.41) is 0.614. The Kier molecular flexibility index (Phi) is 4.57. The van der Waals surface area contributed by atoms with Crippen molar-refractivity contribution < 1.29 is 9.47 Å². The molecule has 2 atom stereocenters. The third-order valence-electron chi connectivity index (χ3n) is 4.51. The average Bonchev–Trinajstić information content (AvgIpc) is 3.10. The maximum atomic E-state index is 6.30. The summed E-state index contributed by atoms with van der Waals surface area (Å²) < 4.78 is 10.8. The summed E-state index contributed by atoms with van der Waals surface area (Å²) in [5.74, 6) is 2.19. The third kappa shape index (κ3) is 2.98. The second-order valence-corrected chi connectivity index (χ2v) is 6.33. The first-order valence-corrected chi connectivity index (χ1v) is 8.13. The Bertz CT molecular complexity index is 509. The lowest BCUT2D eigenvalue weighted by molar-refractivity contribution is 0.174. The van der Waals surface area contributed by atoms with E-state index in [0.29, 0.717) is 17.3 Å². The van der Waals surface area contributed by atoms with Gasteiger partial charge in [0, 0.05) is 19.1 Å². The predicted octanol–water partition coefficient (Wildman–Crippen LogP) is 3.19. The van der Waals surface area contributed by atoms with E-state index in [9.17, 15) is 0 Å². The van der Waals surface area contributed by atoms with Crippen LogP contribution in [0.1, 0.15) is 37.8 Å². The Morgan fingerprint density at radius 2 is 2.29 bits per heavy atom. The molecule has 2 unspecified atom stereocenters. The lowest BCUT2D eigenvalue weighted by Crippen LogP contribution is -2.32. The van der Waals surface area contributed by atoms with Crippen LogP contribution in [0.2, 0.25) is 5.02 Å². The highest BCUT2D eigenvalue weighted by Gasteiger charge is 2.29. The zero-order chi connectivity index (χ0) is 14.8. The zero-order valence-electron chi connectivity index (χ0n) is 12.5. The number of fused-ring (bicyclic) bond motifs is 1. The first-order valence-electron chi connectivity index (χ1n) is 7.76. The molecule has 0 aromatic heterocycles. The van der Waals surface area contributed by atoms with Gasteiger partial charge in [0.25, 0.3) is 0 Å². The van der Waals surface area contributed by atoms with Crippen molar-refractivity contribution in [2.24, 2.45) is 11.7 Å². The molecule has 2 heterocycles. The average molecular weight is 311 g/mol. The summed E-state index contributed by atoms with van der Waals surface area (Å²) in [7, 11) is 0. The fraction of sp³-hybridized carbons (Fsp3) is 0.625. The van der Waals surface area contributed by atoms with Gasteiger partial charge in [0.2, 0.25) is 6.79 Å². The normalized spacial score (nSPS) is 22.7. The first-order chi connectivity index (χ1) is 10.2. The zero-order valence-corrected chi connectivity index (χ0v) is 13.2. The van der Waals surface area contributed by atoms with Crippen molar-refractivity contribution in [2.75, 3.05) is 26.4 Å². The molecule has 3 rings (SSSR count). The van der Waals surface area contributed by atoms with Crippen molar-refractivity contribution in [1.29, 1.82) is 0 Å². The standard InChI is InChI=1S/C16H23ClN2O2/c1-2-3-11-4-5-19(9-11)14(8-18)12-6-13(17)16-15(7-12)20-10-21-16/h6-7,11,14H,2-5,8-10,18H2,1H3. The molecule has 0 saturated carbocycles. The minimum atomic E-state index is 0.207. The van der Waals surface area contributed by atoms with Crippen LogP contribution in [0.5, 0.6) is 11.5 Å². The molecule has 0 spiro atoms. The summed E-state index contributed by atoms with van der Waals surface area (Å²) in [4.78, 5) is 2.48. The highest BCUT2D eigenvalue weighted by molar-refractivity contribution is 6.32. The van der Waals surface area contributed by atoms with E-state index >= 15 is 0 Å². The summed E-state index contributed by atoms with van der Waals surface area (Å²) >= 11 is 6.30. The molecule has 0 amide bonds. The van der Waals surface area contributed by atoms with Crippen LogP contribution in [0.25, 0.3) is 0 Å². The molecule has 0 bridgehead atoms. The lowest BCUT2D eigenvalue weighted by Gasteiger charge is -2.27. The van der Waals surface area contributed by atoms with Crippen LogP contribution in [0, 0.1) is 5.92 Å². The predicted molar refractivity (Wildman–Crippen MR) is 84.0 cm³/mol. The topological polar surface area (TPSA) is 47.7 Å². The molecule has 1 aromatic rings. The molecule has 2 aliphatic rings. The molecule has 2 N–H and O–H groups in total. The molecule has 116 valence electrons. The first kappa shape index (κ1) is 14.9. The van der Waals surface area contributed by atoms with E-state index in [0.717, 1.165) is 30.3 Å². The van der Waals surface area contributed by atoms with Crippen LogP contribution in [0.3, 0.4) is 0 Å². The minimum Gasteiger partial charge on any atom is -0.454 e. The Hall–Kier alpha value is -0.970. The maximum absolute atomic E-state index is 6.30. The van der Waals surface area contributed by atoms with Gasteiger partial charge < -0.3 is 15.2 Å². The number of hydrogen-bond acceptors (Lipinski definition) is 4. The van der Waals surface area contributed by atoms with E-state index in [2.05, 4.69) is 11.8 Å². The van der Waals surface area contributed by atoms with Crippen molar-refractivity contribution in [3.05, 3.63) is 22.7 Å². The maximum Gasteiger partial charge on any atom is 0.231 e.